The number of hydrazine groups is 1. The van der Waals surface area contributed by atoms with Gasteiger partial charge in [0.05, 0.1) is 20.3 Å². The van der Waals surface area contributed by atoms with E-state index < -0.39 is 17.7 Å². The van der Waals surface area contributed by atoms with Gasteiger partial charge in [0.15, 0.2) is 23.1 Å². The van der Waals surface area contributed by atoms with E-state index in [-0.39, 0.29) is 11.5 Å². The maximum atomic E-state index is 13.8. The van der Waals surface area contributed by atoms with Crippen LogP contribution in [0, 0.1) is 11.6 Å². The van der Waals surface area contributed by atoms with Gasteiger partial charge in [0.1, 0.15) is 0 Å². The number of halogens is 2. The molecule has 0 aliphatic heterocycles. The summed E-state index contributed by atoms with van der Waals surface area (Å²) in [6.07, 6.45) is 0. The summed E-state index contributed by atoms with van der Waals surface area (Å²) in [6, 6.07) is 8.36. The first-order valence-electron chi connectivity index (χ1n) is 6.23. The van der Waals surface area contributed by atoms with Crippen LogP contribution >= 0.6 is 0 Å². The van der Waals surface area contributed by atoms with Gasteiger partial charge >= 0.3 is 0 Å². The molecule has 2 aromatic carbocycles. The number of benzene rings is 2. The van der Waals surface area contributed by atoms with Crippen molar-refractivity contribution in [3.05, 3.63) is 59.2 Å². The fraction of sp³-hybridized carbons (Fsp3) is 0.200. The van der Waals surface area contributed by atoms with Gasteiger partial charge in [0, 0.05) is 0 Å². The summed E-state index contributed by atoms with van der Waals surface area (Å²) in [5.41, 5.74) is 3.66. The Bertz CT molecular complexity index is 582. The molecule has 3 N–H and O–H groups in total. The standard InChI is InChI=1S/C15H16F2N2O2/c1-20-13-5-3-9(7-11(13)16)15(19-18)10-4-6-14(21-2)12(17)8-10/h3-8,15,19H,18H2,1-2H3. The Kier molecular flexibility index (Phi) is 4.72. The number of ether oxygens (including phenoxy) is 2. The predicted molar refractivity (Wildman–Crippen MR) is 75.1 cm³/mol. The van der Waals surface area contributed by atoms with Crippen LogP contribution in [-0.2, 0) is 0 Å². The molecule has 0 aliphatic carbocycles. The molecule has 4 nitrogen and oxygen atoms in total. The van der Waals surface area contributed by atoms with Crippen molar-refractivity contribution in [2.75, 3.05) is 14.2 Å². The number of rotatable bonds is 5. The number of nitrogens with one attached hydrogen (secondary N) is 1. The highest BCUT2D eigenvalue weighted by Gasteiger charge is 2.16. The summed E-state index contributed by atoms with van der Waals surface area (Å²) in [4.78, 5) is 0. The third-order valence-electron chi connectivity index (χ3n) is 3.19. The lowest BCUT2D eigenvalue weighted by atomic mass is 9.98. The zero-order valence-corrected chi connectivity index (χ0v) is 11.7. The molecule has 0 aliphatic rings. The molecule has 6 heteroatoms. The molecule has 2 aromatic rings. The van der Waals surface area contributed by atoms with Crippen molar-refractivity contribution < 1.29 is 18.3 Å². The van der Waals surface area contributed by atoms with E-state index in [9.17, 15) is 8.78 Å². The average Bonchev–Trinajstić information content (AvgIpc) is 2.48. The zero-order chi connectivity index (χ0) is 15.4. The van der Waals surface area contributed by atoms with E-state index in [1.54, 1.807) is 12.1 Å². The maximum Gasteiger partial charge on any atom is 0.165 e. The molecule has 0 fully saturated rings. The van der Waals surface area contributed by atoms with E-state index in [1.807, 2.05) is 0 Å². The highest BCUT2D eigenvalue weighted by molar-refractivity contribution is 5.39. The predicted octanol–water partition coefficient (Wildman–Crippen LogP) is 2.53. The Labute approximate surface area is 121 Å². The van der Waals surface area contributed by atoms with Crippen LogP contribution in [0.1, 0.15) is 17.2 Å². The van der Waals surface area contributed by atoms with E-state index in [4.69, 9.17) is 15.3 Å². The first-order chi connectivity index (χ1) is 10.1. The third-order valence-corrected chi connectivity index (χ3v) is 3.19. The third kappa shape index (κ3) is 3.12. The van der Waals surface area contributed by atoms with E-state index in [1.165, 1.54) is 38.5 Å². The minimum absolute atomic E-state index is 0.135. The number of hydrogen-bond acceptors (Lipinski definition) is 4. The molecule has 0 bridgehead atoms. The number of nitrogens with two attached hydrogens (primary N) is 1. The summed E-state index contributed by atoms with van der Waals surface area (Å²) in [5, 5.41) is 0. The number of hydrogen-bond donors (Lipinski definition) is 2. The normalized spacial score (nSPS) is 10.8. The van der Waals surface area contributed by atoms with Crippen molar-refractivity contribution in [1.29, 1.82) is 0 Å². The smallest absolute Gasteiger partial charge is 0.165 e. The Hall–Kier alpha value is -2.18. The van der Waals surface area contributed by atoms with Crippen LogP contribution in [0.15, 0.2) is 36.4 Å². The second-order valence-corrected chi connectivity index (χ2v) is 4.39. The molecule has 0 spiro atoms. The van der Waals surface area contributed by atoms with Gasteiger partial charge in [-0.1, -0.05) is 12.1 Å². The number of methoxy groups -OCH3 is 2. The van der Waals surface area contributed by atoms with Gasteiger partial charge in [-0.2, -0.15) is 0 Å². The van der Waals surface area contributed by atoms with E-state index in [0.29, 0.717) is 11.1 Å². The monoisotopic (exact) mass is 294 g/mol. The molecule has 112 valence electrons. The molecular weight excluding hydrogens is 278 g/mol. The van der Waals surface area contributed by atoms with Crippen molar-refractivity contribution in [3.8, 4) is 11.5 Å². The van der Waals surface area contributed by atoms with Crippen LogP contribution in [0.5, 0.6) is 11.5 Å². The van der Waals surface area contributed by atoms with Crippen LogP contribution in [-0.4, -0.2) is 14.2 Å². The molecule has 0 amide bonds. The van der Waals surface area contributed by atoms with Gasteiger partial charge < -0.3 is 9.47 Å². The van der Waals surface area contributed by atoms with Crippen molar-refractivity contribution in [1.82, 2.24) is 5.43 Å². The van der Waals surface area contributed by atoms with E-state index in [2.05, 4.69) is 5.43 Å². The second-order valence-electron chi connectivity index (χ2n) is 4.39. The summed E-state index contributed by atoms with van der Waals surface area (Å²) in [6.45, 7) is 0. The summed E-state index contributed by atoms with van der Waals surface area (Å²) >= 11 is 0. The van der Waals surface area contributed by atoms with Gasteiger partial charge in [-0.05, 0) is 35.4 Å². The van der Waals surface area contributed by atoms with Gasteiger partial charge in [-0.3, -0.25) is 5.84 Å². The lowest BCUT2D eigenvalue weighted by Gasteiger charge is -2.18. The molecule has 0 aromatic heterocycles. The van der Waals surface area contributed by atoms with Crippen molar-refractivity contribution in [3.63, 3.8) is 0 Å². The lowest BCUT2D eigenvalue weighted by molar-refractivity contribution is 0.385. The molecular formula is C15H16F2N2O2. The summed E-state index contributed by atoms with van der Waals surface area (Å²) in [7, 11) is 2.77. The van der Waals surface area contributed by atoms with Gasteiger partial charge in [0.2, 0.25) is 0 Å². The first-order valence-corrected chi connectivity index (χ1v) is 6.23. The SMILES string of the molecule is COc1ccc(C(NN)c2ccc(OC)c(F)c2)cc1F. The Balaban J connectivity index is 2.39. The van der Waals surface area contributed by atoms with Crippen LogP contribution in [0.4, 0.5) is 8.78 Å². The van der Waals surface area contributed by atoms with Gasteiger partial charge in [-0.15, -0.1) is 0 Å². The first kappa shape index (κ1) is 15.2. The molecule has 0 heterocycles. The Morgan fingerprint density at radius 3 is 1.62 bits per heavy atom. The molecule has 2 rings (SSSR count). The minimum atomic E-state index is -0.550. The van der Waals surface area contributed by atoms with Crippen LogP contribution in [0.25, 0.3) is 0 Å². The maximum absolute atomic E-state index is 13.8. The minimum Gasteiger partial charge on any atom is -0.494 e. The fourth-order valence-electron chi connectivity index (χ4n) is 2.11. The second kappa shape index (κ2) is 6.51. The molecule has 0 unspecified atom stereocenters. The topological polar surface area (TPSA) is 56.5 Å². The van der Waals surface area contributed by atoms with Gasteiger partial charge in [0.25, 0.3) is 0 Å². The zero-order valence-electron chi connectivity index (χ0n) is 11.7. The summed E-state index contributed by atoms with van der Waals surface area (Å²) < 4.78 is 37.3. The fourth-order valence-corrected chi connectivity index (χ4v) is 2.11. The summed E-state index contributed by atoms with van der Waals surface area (Å²) in [5.74, 6) is 4.77. The van der Waals surface area contributed by atoms with Crippen molar-refractivity contribution >= 4 is 0 Å². The molecule has 0 saturated heterocycles. The molecule has 0 atom stereocenters. The highest BCUT2D eigenvalue weighted by Crippen LogP contribution is 2.28. The largest absolute Gasteiger partial charge is 0.494 e. The van der Waals surface area contributed by atoms with Crippen LogP contribution in [0.3, 0.4) is 0 Å². The lowest BCUT2D eigenvalue weighted by Crippen LogP contribution is -2.29. The quantitative estimate of drug-likeness (QED) is 0.657. The van der Waals surface area contributed by atoms with Crippen molar-refractivity contribution in [2.45, 2.75) is 6.04 Å². The Morgan fingerprint density at radius 1 is 0.905 bits per heavy atom. The molecule has 0 radical (unpaired) electrons. The molecule has 0 saturated carbocycles. The van der Waals surface area contributed by atoms with Crippen LogP contribution < -0.4 is 20.7 Å². The molecule has 21 heavy (non-hydrogen) atoms. The Morgan fingerprint density at radius 2 is 1.33 bits per heavy atom. The van der Waals surface area contributed by atoms with Crippen molar-refractivity contribution in [2.24, 2.45) is 5.84 Å². The average molecular weight is 294 g/mol. The van der Waals surface area contributed by atoms with E-state index in [0.717, 1.165) is 0 Å². The van der Waals surface area contributed by atoms with Gasteiger partial charge in [-0.25, -0.2) is 14.2 Å². The van der Waals surface area contributed by atoms with E-state index >= 15 is 0 Å². The highest BCUT2D eigenvalue weighted by atomic mass is 19.1. The van der Waals surface area contributed by atoms with Crippen LogP contribution in [0.2, 0.25) is 0 Å².